The molecule has 2 fully saturated rings. The third-order valence-corrected chi connectivity index (χ3v) is 8.64. The van der Waals surface area contributed by atoms with Gasteiger partial charge >= 0.3 is 5.97 Å². The van der Waals surface area contributed by atoms with Crippen LogP contribution in [0.3, 0.4) is 0 Å². The average Bonchev–Trinajstić information content (AvgIpc) is 3.77. The third kappa shape index (κ3) is 6.76. The van der Waals surface area contributed by atoms with Crippen molar-refractivity contribution in [2.24, 2.45) is 23.2 Å². The molecule has 0 amide bonds. The number of aliphatic carboxylic acids is 1. The summed E-state index contributed by atoms with van der Waals surface area (Å²) < 4.78 is 33.1. The van der Waals surface area contributed by atoms with Crippen molar-refractivity contribution in [2.75, 3.05) is 24.6 Å². The lowest BCUT2D eigenvalue weighted by atomic mass is 9.81. The topological polar surface area (TPSA) is 79.7 Å². The molecule has 8 heteroatoms. The Hall–Kier alpha value is -3.03. The highest BCUT2D eigenvalue weighted by Gasteiger charge is 2.39. The number of carbonyl (C=O) groups is 2. The van der Waals surface area contributed by atoms with E-state index in [4.69, 9.17) is 4.74 Å². The molecule has 2 aliphatic rings. The summed E-state index contributed by atoms with van der Waals surface area (Å²) in [5.41, 5.74) is 1.40. The second kappa shape index (κ2) is 12.0. The van der Waals surface area contributed by atoms with Gasteiger partial charge in [0.15, 0.2) is 5.78 Å². The molecule has 1 aromatic heterocycles. The number of carboxylic acid groups (broad SMARTS) is 1. The van der Waals surface area contributed by atoms with Crippen molar-refractivity contribution >= 4 is 17.4 Å². The molecule has 39 heavy (non-hydrogen) atoms. The standard InChI is InChI=1S/C31H40F2N2O4/c1-5-31(3,4)28(36)24-9-8-23(29(32)33)16-25(24)35-14-11-20(12-15-35)18-39-26-17-22(10-13-34-26)27(21-6-7-21)19(2)30(37)38/h8-10,13,16-17,19-21,27,29H,5-7,11-12,14-15,18H2,1-4H3,(H,37,38)/t19-,27-/m0/s1. The zero-order valence-electron chi connectivity index (χ0n) is 23.3. The fraction of sp³-hybridized carbons (Fsp3) is 0.581. The SMILES string of the molecule is CCC(C)(C)C(=O)c1ccc(C(F)F)cc1N1CCC(COc2cc([C@H](C3CC3)[C@H](C)C(=O)O)ccn2)CC1. The van der Waals surface area contributed by atoms with Gasteiger partial charge in [-0.15, -0.1) is 0 Å². The molecule has 6 nitrogen and oxygen atoms in total. The Morgan fingerprint density at radius 1 is 1.10 bits per heavy atom. The van der Waals surface area contributed by atoms with Gasteiger partial charge in [-0.05, 0) is 73.6 Å². The molecule has 0 bridgehead atoms. The molecular weight excluding hydrogens is 502 g/mol. The Kier molecular flexibility index (Phi) is 8.92. The number of anilines is 1. The summed E-state index contributed by atoms with van der Waals surface area (Å²) >= 11 is 0. The maximum atomic E-state index is 13.5. The third-order valence-electron chi connectivity index (χ3n) is 8.64. The first-order chi connectivity index (χ1) is 18.5. The second-order valence-electron chi connectivity index (χ2n) is 11.8. The first-order valence-electron chi connectivity index (χ1n) is 14.0. The maximum absolute atomic E-state index is 13.5. The van der Waals surface area contributed by atoms with Gasteiger partial charge in [0.2, 0.25) is 5.88 Å². The number of ether oxygens (including phenoxy) is 1. The van der Waals surface area contributed by atoms with Crippen LogP contribution in [0.2, 0.25) is 0 Å². The number of hydrogen-bond acceptors (Lipinski definition) is 5. The Morgan fingerprint density at radius 3 is 2.38 bits per heavy atom. The molecule has 2 atom stereocenters. The van der Waals surface area contributed by atoms with Gasteiger partial charge in [-0.2, -0.15) is 0 Å². The van der Waals surface area contributed by atoms with Crippen LogP contribution in [0.15, 0.2) is 36.5 Å². The van der Waals surface area contributed by atoms with Crippen LogP contribution in [0.5, 0.6) is 5.88 Å². The molecule has 1 N–H and O–H groups in total. The monoisotopic (exact) mass is 542 g/mol. The van der Waals surface area contributed by atoms with Gasteiger partial charge < -0.3 is 14.7 Å². The molecule has 4 rings (SSSR count). The first kappa shape index (κ1) is 29.0. The molecule has 1 aliphatic heterocycles. The Balaban J connectivity index is 1.41. The van der Waals surface area contributed by atoms with Gasteiger partial charge in [-0.3, -0.25) is 9.59 Å². The van der Waals surface area contributed by atoms with Gasteiger partial charge in [0, 0.05) is 47.6 Å². The van der Waals surface area contributed by atoms with E-state index >= 15 is 0 Å². The molecule has 0 unspecified atom stereocenters. The Bertz CT molecular complexity index is 1170. The van der Waals surface area contributed by atoms with E-state index < -0.39 is 23.7 Å². The lowest BCUT2D eigenvalue weighted by molar-refractivity contribution is -0.142. The predicted octanol–water partition coefficient (Wildman–Crippen LogP) is 7.15. The number of Topliss-reactive ketones (excluding diaryl/α,β-unsaturated/α-hetero) is 1. The van der Waals surface area contributed by atoms with Crippen molar-refractivity contribution in [3.63, 3.8) is 0 Å². The van der Waals surface area contributed by atoms with Crippen LogP contribution in [-0.4, -0.2) is 41.5 Å². The minimum atomic E-state index is -2.60. The summed E-state index contributed by atoms with van der Waals surface area (Å²) in [4.78, 5) is 31.4. The van der Waals surface area contributed by atoms with E-state index in [1.807, 2.05) is 37.8 Å². The van der Waals surface area contributed by atoms with Gasteiger partial charge in [-0.25, -0.2) is 13.8 Å². The van der Waals surface area contributed by atoms with E-state index in [1.54, 1.807) is 19.2 Å². The summed E-state index contributed by atoms with van der Waals surface area (Å²) in [6.45, 7) is 9.25. The smallest absolute Gasteiger partial charge is 0.306 e. The van der Waals surface area contributed by atoms with E-state index in [-0.39, 0.29) is 23.2 Å². The highest BCUT2D eigenvalue weighted by Crippen LogP contribution is 2.47. The minimum Gasteiger partial charge on any atom is -0.481 e. The number of benzene rings is 1. The summed E-state index contributed by atoms with van der Waals surface area (Å²) in [7, 11) is 0. The molecule has 0 radical (unpaired) electrons. The van der Waals surface area contributed by atoms with Crippen LogP contribution in [0.4, 0.5) is 14.5 Å². The lowest BCUT2D eigenvalue weighted by Crippen LogP contribution is -2.37. The molecule has 212 valence electrons. The molecule has 1 aromatic carbocycles. The Labute approximate surface area is 229 Å². The second-order valence-corrected chi connectivity index (χ2v) is 11.8. The van der Waals surface area contributed by atoms with Crippen molar-refractivity contribution in [3.8, 4) is 5.88 Å². The number of pyridine rings is 1. The van der Waals surface area contributed by atoms with Crippen molar-refractivity contribution < 1.29 is 28.2 Å². The molecule has 1 saturated heterocycles. The largest absolute Gasteiger partial charge is 0.481 e. The summed E-state index contributed by atoms with van der Waals surface area (Å²) in [5, 5.41) is 9.57. The summed E-state index contributed by atoms with van der Waals surface area (Å²) in [6.07, 6.45) is 3.43. The number of alkyl halides is 2. The molecule has 1 saturated carbocycles. The van der Waals surface area contributed by atoms with Gasteiger partial charge in [0.05, 0.1) is 12.5 Å². The molecule has 0 spiro atoms. The quantitative estimate of drug-likeness (QED) is 0.287. The van der Waals surface area contributed by atoms with Crippen LogP contribution < -0.4 is 9.64 Å². The van der Waals surface area contributed by atoms with Crippen LogP contribution in [-0.2, 0) is 4.79 Å². The highest BCUT2D eigenvalue weighted by atomic mass is 19.3. The number of piperidine rings is 1. The van der Waals surface area contributed by atoms with E-state index in [0.717, 1.165) is 31.2 Å². The van der Waals surface area contributed by atoms with E-state index in [2.05, 4.69) is 4.98 Å². The molecule has 2 aromatic rings. The van der Waals surface area contributed by atoms with Crippen molar-refractivity contribution in [2.45, 2.75) is 72.1 Å². The number of hydrogen-bond donors (Lipinski definition) is 1. The lowest BCUT2D eigenvalue weighted by Gasteiger charge is -2.35. The molecular formula is C31H40F2N2O4. The van der Waals surface area contributed by atoms with Crippen LogP contribution >= 0.6 is 0 Å². The zero-order chi connectivity index (χ0) is 28.3. The van der Waals surface area contributed by atoms with Crippen molar-refractivity contribution in [3.05, 3.63) is 53.2 Å². The highest BCUT2D eigenvalue weighted by molar-refractivity contribution is 6.04. The summed E-state index contributed by atoms with van der Waals surface area (Å²) in [6, 6.07) is 8.16. The fourth-order valence-electron chi connectivity index (χ4n) is 5.50. The fourth-order valence-corrected chi connectivity index (χ4v) is 5.50. The number of aromatic nitrogens is 1. The van der Waals surface area contributed by atoms with Crippen LogP contribution in [0, 0.1) is 23.2 Å². The summed E-state index contributed by atoms with van der Waals surface area (Å²) in [5.74, 6) is -0.195. The van der Waals surface area contributed by atoms with Gasteiger partial charge in [-0.1, -0.05) is 33.8 Å². The van der Waals surface area contributed by atoms with Crippen LogP contribution in [0.1, 0.15) is 93.6 Å². The number of rotatable bonds is 12. The Morgan fingerprint density at radius 2 is 1.79 bits per heavy atom. The molecule has 2 heterocycles. The number of nitrogens with zero attached hydrogens (tertiary/aromatic N) is 2. The van der Waals surface area contributed by atoms with Gasteiger partial charge in [0.25, 0.3) is 6.43 Å². The van der Waals surface area contributed by atoms with E-state index in [0.29, 0.717) is 49.2 Å². The average molecular weight is 543 g/mol. The molecule has 1 aliphatic carbocycles. The van der Waals surface area contributed by atoms with Crippen molar-refractivity contribution in [1.82, 2.24) is 4.98 Å². The first-order valence-corrected chi connectivity index (χ1v) is 14.0. The van der Waals surface area contributed by atoms with E-state index in [9.17, 15) is 23.5 Å². The van der Waals surface area contributed by atoms with Crippen molar-refractivity contribution in [1.29, 1.82) is 0 Å². The predicted molar refractivity (Wildman–Crippen MR) is 147 cm³/mol. The minimum absolute atomic E-state index is 0.0288. The normalized spacial score (nSPS) is 18.2. The number of ketones is 1. The number of carbonyl (C=O) groups excluding carboxylic acids is 1. The van der Waals surface area contributed by atoms with Gasteiger partial charge in [0.1, 0.15) is 0 Å². The maximum Gasteiger partial charge on any atom is 0.306 e. The van der Waals surface area contributed by atoms with E-state index in [1.165, 1.54) is 12.1 Å². The van der Waals surface area contributed by atoms with Crippen LogP contribution in [0.25, 0.3) is 0 Å². The zero-order valence-corrected chi connectivity index (χ0v) is 23.3. The number of halogens is 2. The number of carboxylic acids is 1.